The van der Waals surface area contributed by atoms with E-state index in [-0.39, 0.29) is 30.8 Å². The molecule has 0 unspecified atom stereocenters. The molecule has 3 rings (SSSR count). The molecule has 25 heavy (non-hydrogen) atoms. The second-order valence-electron chi connectivity index (χ2n) is 6.07. The lowest BCUT2D eigenvalue weighted by atomic mass is 9.95. The van der Waals surface area contributed by atoms with E-state index in [0.717, 1.165) is 24.9 Å². The molecule has 1 aliphatic carbocycles. The maximum absolute atomic E-state index is 12.4. The predicted octanol–water partition coefficient (Wildman–Crippen LogP) is 2.69. The minimum Gasteiger partial charge on any atom is -0.484 e. The lowest BCUT2D eigenvalue weighted by molar-refractivity contribution is -0.120. The molecule has 8 heteroatoms. The van der Waals surface area contributed by atoms with Gasteiger partial charge in [-0.15, -0.1) is 12.4 Å². The Balaban J connectivity index is 0.00000225. The van der Waals surface area contributed by atoms with Crippen molar-refractivity contribution < 1.29 is 14.1 Å². The molecule has 0 radical (unpaired) electrons. The Hall–Kier alpha value is -2.12. The third-order valence-corrected chi connectivity index (χ3v) is 4.35. The predicted molar refractivity (Wildman–Crippen MR) is 95.6 cm³/mol. The molecule has 1 aromatic carbocycles. The van der Waals surface area contributed by atoms with E-state index < -0.39 is 0 Å². The van der Waals surface area contributed by atoms with Gasteiger partial charge in [0.05, 0.1) is 0 Å². The first-order valence-electron chi connectivity index (χ1n) is 8.18. The van der Waals surface area contributed by atoms with E-state index in [4.69, 9.17) is 15.0 Å². The van der Waals surface area contributed by atoms with E-state index >= 15 is 0 Å². The molecule has 7 nitrogen and oxygen atoms in total. The number of nitrogens with two attached hydrogens (primary N) is 1. The molecule has 1 fully saturated rings. The number of carbonyl (C=O) groups excluding carboxylic acids is 1. The lowest BCUT2D eigenvalue weighted by Gasteiger charge is -2.17. The molecule has 0 aliphatic heterocycles. The van der Waals surface area contributed by atoms with Crippen molar-refractivity contribution >= 4 is 24.0 Å². The molecular weight excluding hydrogens is 344 g/mol. The molecule has 0 spiro atoms. The molecule has 0 saturated heterocycles. The van der Waals surface area contributed by atoms with E-state index in [1.165, 1.54) is 0 Å². The van der Waals surface area contributed by atoms with Crippen LogP contribution in [0.1, 0.15) is 31.0 Å². The number of halogens is 1. The van der Waals surface area contributed by atoms with E-state index in [1.54, 1.807) is 19.1 Å². The van der Waals surface area contributed by atoms with Crippen LogP contribution in [0, 0.1) is 18.8 Å². The summed E-state index contributed by atoms with van der Waals surface area (Å²) in [5.74, 6) is 2.05. The zero-order chi connectivity index (χ0) is 16.9. The number of carbonyl (C=O) groups is 1. The van der Waals surface area contributed by atoms with Crippen LogP contribution in [0.2, 0.25) is 0 Å². The monoisotopic (exact) mass is 366 g/mol. The average molecular weight is 367 g/mol. The lowest BCUT2D eigenvalue weighted by Crippen LogP contribution is -2.29. The quantitative estimate of drug-likeness (QED) is 0.814. The van der Waals surface area contributed by atoms with E-state index in [9.17, 15) is 4.79 Å². The first kappa shape index (κ1) is 19.2. The number of nitrogens with zero attached hydrogens (tertiary/aromatic N) is 2. The summed E-state index contributed by atoms with van der Waals surface area (Å²) in [7, 11) is 0. The second-order valence-corrected chi connectivity index (χ2v) is 6.07. The largest absolute Gasteiger partial charge is 0.484 e. The highest BCUT2D eigenvalue weighted by Gasteiger charge is 2.31. The average Bonchev–Trinajstić information content (AvgIpc) is 3.22. The number of hydrogen-bond donors (Lipinski definition) is 2. The highest BCUT2D eigenvalue weighted by molar-refractivity contribution is 5.93. The van der Waals surface area contributed by atoms with Gasteiger partial charge in [-0.25, -0.2) is 0 Å². The smallest absolute Gasteiger partial charge is 0.264 e. The van der Waals surface area contributed by atoms with E-state index in [1.807, 2.05) is 12.1 Å². The van der Waals surface area contributed by atoms with Crippen molar-refractivity contribution in [2.75, 3.05) is 11.9 Å². The highest BCUT2D eigenvalue weighted by atomic mass is 35.5. The second kappa shape index (κ2) is 8.82. The molecule has 136 valence electrons. The molecule has 3 N–H and O–H groups in total. The fraction of sp³-hybridized carbons (Fsp3) is 0.471. The van der Waals surface area contributed by atoms with Gasteiger partial charge in [0, 0.05) is 11.6 Å². The van der Waals surface area contributed by atoms with Crippen molar-refractivity contribution in [3.63, 3.8) is 0 Å². The molecule has 1 aliphatic rings. The summed E-state index contributed by atoms with van der Waals surface area (Å²) < 4.78 is 10.6. The van der Waals surface area contributed by atoms with Crippen LogP contribution < -0.4 is 15.8 Å². The third kappa shape index (κ3) is 4.93. The van der Waals surface area contributed by atoms with Gasteiger partial charge in [-0.3, -0.25) is 4.79 Å². The number of aryl methyl sites for hydroxylation is 1. The molecule has 1 aromatic heterocycles. The number of anilines is 1. The Labute approximate surface area is 152 Å². The Bertz CT molecular complexity index is 689. The van der Waals surface area contributed by atoms with Gasteiger partial charge in [0.25, 0.3) is 5.89 Å². The molecule has 2 atom stereocenters. The number of benzene rings is 1. The zero-order valence-corrected chi connectivity index (χ0v) is 14.9. The van der Waals surface area contributed by atoms with Gasteiger partial charge in [-0.05, 0) is 56.5 Å². The molecule has 2 aromatic rings. The minimum atomic E-state index is 0. The fourth-order valence-electron chi connectivity index (χ4n) is 3.08. The number of nitrogens with one attached hydrogen (secondary N) is 1. The Morgan fingerprint density at radius 3 is 2.76 bits per heavy atom. The van der Waals surface area contributed by atoms with E-state index in [2.05, 4.69) is 15.5 Å². The minimum absolute atomic E-state index is 0. The molecular formula is C17H23ClN4O3. The maximum atomic E-state index is 12.4. The van der Waals surface area contributed by atoms with Gasteiger partial charge >= 0.3 is 0 Å². The Morgan fingerprint density at radius 2 is 2.12 bits per heavy atom. The summed E-state index contributed by atoms with van der Waals surface area (Å²) in [6.07, 6.45) is 3.02. The number of rotatable bonds is 6. The fourth-order valence-corrected chi connectivity index (χ4v) is 3.08. The van der Waals surface area contributed by atoms with Gasteiger partial charge in [0.2, 0.25) is 5.91 Å². The van der Waals surface area contributed by atoms with Crippen LogP contribution >= 0.6 is 12.4 Å². The number of amides is 1. The zero-order valence-electron chi connectivity index (χ0n) is 14.1. The summed E-state index contributed by atoms with van der Waals surface area (Å²) in [6, 6.07) is 7.24. The normalized spacial score (nSPS) is 19.3. The van der Waals surface area contributed by atoms with Crippen molar-refractivity contribution in [2.24, 2.45) is 17.6 Å². The molecule has 1 amide bonds. The topological polar surface area (TPSA) is 103 Å². The summed E-state index contributed by atoms with van der Waals surface area (Å²) in [6.45, 7) is 2.54. The van der Waals surface area contributed by atoms with Crippen LogP contribution in [0.15, 0.2) is 28.8 Å². The molecule has 1 saturated carbocycles. The SMILES string of the molecule is Cc1noc(COc2ccc(NC(=O)[C@@H]3CCC[C@@H]3CN)cc2)n1.Cl. The van der Waals surface area contributed by atoms with Crippen LogP contribution in [0.25, 0.3) is 0 Å². The number of aromatic nitrogens is 2. The Kier molecular flexibility index (Phi) is 6.78. The maximum Gasteiger partial charge on any atom is 0.264 e. The van der Waals surface area contributed by atoms with Gasteiger partial charge in [0.1, 0.15) is 5.75 Å². The summed E-state index contributed by atoms with van der Waals surface area (Å²) >= 11 is 0. The summed E-state index contributed by atoms with van der Waals surface area (Å²) in [4.78, 5) is 16.4. The number of ether oxygens (including phenoxy) is 1. The van der Waals surface area contributed by atoms with Gasteiger partial charge < -0.3 is 20.3 Å². The standard InChI is InChI=1S/C17H22N4O3.ClH/c1-11-19-16(24-21-11)10-23-14-7-5-13(6-8-14)20-17(22)15-4-2-3-12(15)9-18;/h5-8,12,15H,2-4,9-10,18H2,1H3,(H,20,22);1H/t12-,15-;/m1./s1. The van der Waals surface area contributed by atoms with Crippen LogP contribution in [0.5, 0.6) is 5.75 Å². The van der Waals surface area contributed by atoms with Crippen LogP contribution in [-0.4, -0.2) is 22.6 Å². The molecule has 0 bridgehead atoms. The Morgan fingerprint density at radius 1 is 1.36 bits per heavy atom. The van der Waals surface area contributed by atoms with Crippen molar-refractivity contribution in [2.45, 2.75) is 32.8 Å². The van der Waals surface area contributed by atoms with Crippen LogP contribution in [-0.2, 0) is 11.4 Å². The van der Waals surface area contributed by atoms with Crippen molar-refractivity contribution in [3.05, 3.63) is 36.0 Å². The van der Waals surface area contributed by atoms with E-state index in [0.29, 0.717) is 29.9 Å². The number of hydrogen-bond acceptors (Lipinski definition) is 6. The van der Waals surface area contributed by atoms with Crippen LogP contribution in [0.3, 0.4) is 0 Å². The molecule has 1 heterocycles. The van der Waals surface area contributed by atoms with Gasteiger partial charge in [-0.1, -0.05) is 11.6 Å². The summed E-state index contributed by atoms with van der Waals surface area (Å²) in [5.41, 5.74) is 6.50. The summed E-state index contributed by atoms with van der Waals surface area (Å²) in [5, 5.41) is 6.67. The van der Waals surface area contributed by atoms with Gasteiger partial charge in [-0.2, -0.15) is 4.98 Å². The van der Waals surface area contributed by atoms with Crippen molar-refractivity contribution in [3.8, 4) is 5.75 Å². The third-order valence-electron chi connectivity index (χ3n) is 4.35. The first-order chi connectivity index (χ1) is 11.7. The first-order valence-corrected chi connectivity index (χ1v) is 8.18. The highest BCUT2D eigenvalue weighted by Crippen LogP contribution is 2.32. The van der Waals surface area contributed by atoms with Crippen molar-refractivity contribution in [1.82, 2.24) is 10.1 Å². The van der Waals surface area contributed by atoms with Crippen LogP contribution in [0.4, 0.5) is 5.69 Å². The van der Waals surface area contributed by atoms with Crippen molar-refractivity contribution in [1.29, 1.82) is 0 Å². The van der Waals surface area contributed by atoms with Gasteiger partial charge in [0.15, 0.2) is 12.4 Å².